The summed E-state index contributed by atoms with van der Waals surface area (Å²) in [6, 6.07) is 14.5. The van der Waals surface area contributed by atoms with Crippen molar-refractivity contribution in [2.75, 3.05) is 6.61 Å². The molecule has 0 aliphatic carbocycles. The van der Waals surface area contributed by atoms with E-state index in [1.54, 1.807) is 18.2 Å². The number of hydrogen-bond donors (Lipinski definition) is 1. The lowest BCUT2D eigenvalue weighted by Crippen LogP contribution is -2.35. The van der Waals surface area contributed by atoms with Crippen LogP contribution in [0.25, 0.3) is 6.08 Å². The van der Waals surface area contributed by atoms with Gasteiger partial charge in [-0.25, -0.2) is 17.5 Å². The fraction of sp³-hybridized carbons (Fsp3) is 0.263. The highest BCUT2D eigenvalue weighted by atomic mass is 32.2. The molecule has 0 radical (unpaired) electrons. The Morgan fingerprint density at radius 2 is 1.84 bits per heavy atom. The van der Waals surface area contributed by atoms with Crippen molar-refractivity contribution >= 4 is 16.1 Å². The van der Waals surface area contributed by atoms with E-state index >= 15 is 0 Å². The van der Waals surface area contributed by atoms with Crippen LogP contribution in [0.2, 0.25) is 0 Å². The van der Waals surface area contributed by atoms with Crippen LogP contribution >= 0.6 is 0 Å². The molecule has 0 aromatic heterocycles. The first kappa shape index (κ1) is 17.8. The van der Waals surface area contributed by atoms with E-state index in [-0.39, 0.29) is 11.9 Å². The third-order valence-electron chi connectivity index (χ3n) is 4.10. The van der Waals surface area contributed by atoms with Gasteiger partial charge in [0, 0.05) is 12.0 Å². The van der Waals surface area contributed by atoms with E-state index in [2.05, 4.69) is 4.72 Å². The van der Waals surface area contributed by atoms with Crippen molar-refractivity contribution in [1.82, 2.24) is 4.72 Å². The normalized spacial score (nSPS) is 19.3. The summed E-state index contributed by atoms with van der Waals surface area (Å²) in [6.45, 7) is 0.601. The van der Waals surface area contributed by atoms with Crippen LogP contribution in [0, 0.1) is 5.82 Å². The van der Waals surface area contributed by atoms with Gasteiger partial charge < -0.3 is 4.74 Å². The van der Waals surface area contributed by atoms with Crippen LogP contribution in [0.4, 0.5) is 4.39 Å². The third-order valence-corrected chi connectivity index (χ3v) is 5.17. The minimum atomic E-state index is -3.68. The van der Waals surface area contributed by atoms with Gasteiger partial charge in [0.15, 0.2) is 0 Å². The largest absolute Gasteiger partial charge is 0.376 e. The number of ether oxygens (including phenoxy) is 1. The quantitative estimate of drug-likeness (QED) is 0.855. The number of hydrogen-bond acceptors (Lipinski definition) is 3. The van der Waals surface area contributed by atoms with Gasteiger partial charge >= 0.3 is 0 Å². The molecule has 0 spiro atoms. The number of sulfonamides is 1. The molecule has 132 valence electrons. The number of rotatable bonds is 6. The highest BCUT2D eigenvalue weighted by Gasteiger charge is 2.30. The van der Waals surface area contributed by atoms with Gasteiger partial charge in [0.2, 0.25) is 10.0 Å². The second-order valence-electron chi connectivity index (χ2n) is 5.96. The summed E-state index contributed by atoms with van der Waals surface area (Å²) in [5.41, 5.74) is 1.48. The van der Waals surface area contributed by atoms with E-state index in [4.69, 9.17) is 4.74 Å². The lowest BCUT2D eigenvalue weighted by molar-refractivity contribution is 0.0853. The molecule has 0 amide bonds. The lowest BCUT2D eigenvalue weighted by atomic mass is 10.0. The Labute approximate surface area is 147 Å². The summed E-state index contributed by atoms with van der Waals surface area (Å²) in [6.07, 6.45) is 2.92. The maximum atomic E-state index is 13.2. The summed E-state index contributed by atoms with van der Waals surface area (Å²) in [5.74, 6) is -0.360. The Bertz CT molecular complexity index is 814. The van der Waals surface area contributed by atoms with Crippen LogP contribution in [0.5, 0.6) is 0 Å². The predicted molar refractivity (Wildman–Crippen MR) is 95.6 cm³/mol. The molecule has 2 unspecified atom stereocenters. The number of nitrogens with one attached hydrogen (secondary N) is 1. The second-order valence-corrected chi connectivity index (χ2v) is 7.55. The summed E-state index contributed by atoms with van der Waals surface area (Å²) in [4.78, 5) is 0. The number of benzene rings is 2. The second kappa shape index (κ2) is 7.91. The van der Waals surface area contributed by atoms with Crippen molar-refractivity contribution in [3.05, 3.63) is 76.9 Å². The lowest BCUT2D eigenvalue weighted by Gasteiger charge is -2.23. The fourth-order valence-corrected chi connectivity index (χ4v) is 3.90. The van der Waals surface area contributed by atoms with E-state index < -0.39 is 16.1 Å². The molecule has 1 heterocycles. The Balaban J connectivity index is 1.81. The number of halogens is 1. The maximum absolute atomic E-state index is 13.2. The monoisotopic (exact) mass is 361 g/mol. The van der Waals surface area contributed by atoms with Crippen molar-refractivity contribution in [3.63, 3.8) is 0 Å². The van der Waals surface area contributed by atoms with Gasteiger partial charge in [0.1, 0.15) is 5.82 Å². The SMILES string of the molecule is O=S(=O)(C=Cc1ccccc1)NC(c1ccc(F)cc1)C1CCCO1. The third kappa shape index (κ3) is 4.98. The molecule has 1 aliphatic heterocycles. The first-order chi connectivity index (χ1) is 12.0. The van der Waals surface area contributed by atoms with Gasteiger partial charge in [0.25, 0.3) is 0 Å². The maximum Gasteiger partial charge on any atom is 0.234 e. The van der Waals surface area contributed by atoms with Gasteiger partial charge in [-0.05, 0) is 42.2 Å². The van der Waals surface area contributed by atoms with Crippen molar-refractivity contribution in [2.24, 2.45) is 0 Å². The van der Waals surface area contributed by atoms with E-state index in [1.165, 1.54) is 12.1 Å². The van der Waals surface area contributed by atoms with Crippen molar-refractivity contribution in [1.29, 1.82) is 0 Å². The van der Waals surface area contributed by atoms with E-state index in [9.17, 15) is 12.8 Å². The highest BCUT2D eigenvalue weighted by molar-refractivity contribution is 7.92. The Morgan fingerprint density at radius 1 is 1.12 bits per heavy atom. The molecule has 1 N–H and O–H groups in total. The Morgan fingerprint density at radius 3 is 2.48 bits per heavy atom. The van der Waals surface area contributed by atoms with Crippen LogP contribution < -0.4 is 4.72 Å². The summed E-state index contributed by atoms with van der Waals surface area (Å²) < 4.78 is 46.5. The van der Waals surface area contributed by atoms with Crippen molar-refractivity contribution < 1.29 is 17.5 Å². The Hall–Kier alpha value is -2.02. The predicted octanol–water partition coefficient (Wildman–Crippen LogP) is 3.64. The standard InChI is InChI=1S/C19H20FNO3S/c20-17-10-8-16(9-11-17)19(18-7-4-13-24-18)21-25(22,23)14-12-15-5-2-1-3-6-15/h1-3,5-6,8-12,14,18-19,21H,4,7,13H2. The molecular weight excluding hydrogens is 341 g/mol. The molecule has 3 rings (SSSR count). The van der Waals surface area contributed by atoms with E-state index in [1.807, 2.05) is 30.3 Å². The summed E-state index contributed by atoms with van der Waals surface area (Å²) >= 11 is 0. The average Bonchev–Trinajstić information content (AvgIpc) is 3.14. The molecule has 6 heteroatoms. The van der Waals surface area contributed by atoms with Crippen LogP contribution in [0.15, 0.2) is 60.0 Å². The van der Waals surface area contributed by atoms with E-state index in [0.29, 0.717) is 12.2 Å². The zero-order valence-electron chi connectivity index (χ0n) is 13.6. The molecule has 0 bridgehead atoms. The molecule has 2 atom stereocenters. The smallest absolute Gasteiger partial charge is 0.234 e. The molecular formula is C19H20FNO3S. The zero-order valence-corrected chi connectivity index (χ0v) is 14.5. The van der Waals surface area contributed by atoms with E-state index in [0.717, 1.165) is 23.8 Å². The van der Waals surface area contributed by atoms with Crippen molar-refractivity contribution in [2.45, 2.75) is 25.0 Å². The fourth-order valence-electron chi connectivity index (χ4n) is 2.84. The molecule has 1 fully saturated rings. The molecule has 1 saturated heterocycles. The van der Waals surface area contributed by atoms with Crippen LogP contribution in [0.1, 0.15) is 30.0 Å². The minimum Gasteiger partial charge on any atom is -0.376 e. The van der Waals surface area contributed by atoms with Gasteiger partial charge in [-0.2, -0.15) is 0 Å². The van der Waals surface area contributed by atoms with Gasteiger partial charge in [-0.3, -0.25) is 0 Å². The van der Waals surface area contributed by atoms with Crippen LogP contribution in [0.3, 0.4) is 0 Å². The minimum absolute atomic E-state index is 0.259. The van der Waals surface area contributed by atoms with Crippen LogP contribution in [-0.2, 0) is 14.8 Å². The summed E-state index contributed by atoms with van der Waals surface area (Å²) in [7, 11) is -3.68. The highest BCUT2D eigenvalue weighted by Crippen LogP contribution is 2.28. The Kier molecular flexibility index (Phi) is 5.63. The summed E-state index contributed by atoms with van der Waals surface area (Å²) in [5, 5.41) is 1.15. The molecule has 25 heavy (non-hydrogen) atoms. The van der Waals surface area contributed by atoms with Crippen molar-refractivity contribution in [3.8, 4) is 0 Å². The molecule has 1 aliphatic rings. The van der Waals surface area contributed by atoms with Gasteiger partial charge in [0.05, 0.1) is 12.1 Å². The zero-order chi connectivity index (χ0) is 17.7. The molecule has 4 nitrogen and oxygen atoms in total. The first-order valence-electron chi connectivity index (χ1n) is 8.16. The first-order valence-corrected chi connectivity index (χ1v) is 9.71. The van der Waals surface area contributed by atoms with Gasteiger partial charge in [-0.1, -0.05) is 42.5 Å². The molecule has 2 aromatic carbocycles. The topological polar surface area (TPSA) is 55.4 Å². The average molecular weight is 361 g/mol. The van der Waals surface area contributed by atoms with Crippen LogP contribution in [-0.4, -0.2) is 21.1 Å². The molecule has 0 saturated carbocycles. The molecule has 2 aromatic rings. The van der Waals surface area contributed by atoms with Gasteiger partial charge in [-0.15, -0.1) is 0 Å².